The van der Waals surface area contributed by atoms with Crippen LogP contribution in [0.15, 0.2) is 70.8 Å². The topological polar surface area (TPSA) is 64.4 Å². The zero-order chi connectivity index (χ0) is 23.4. The molecule has 33 heavy (non-hydrogen) atoms. The van der Waals surface area contributed by atoms with Gasteiger partial charge in [0.15, 0.2) is 5.69 Å². The van der Waals surface area contributed by atoms with Crippen molar-refractivity contribution in [3.63, 3.8) is 0 Å². The molecule has 2 aromatic carbocycles. The standard InChI is InChI=1S/C26H27N3O3S/c1-4-29-25(30)23-10-6-5-9-22(23)24(27-29)26(31)28(18(2)16-21-8-7-15-33-21)17-19-11-13-20(32-3)14-12-19/h5-15,18H,4,16-17H2,1-3H3. The molecule has 1 unspecified atom stereocenters. The van der Waals surface area contributed by atoms with E-state index in [-0.39, 0.29) is 17.5 Å². The summed E-state index contributed by atoms with van der Waals surface area (Å²) in [6, 6.07) is 19.0. The molecule has 0 saturated carbocycles. The van der Waals surface area contributed by atoms with Gasteiger partial charge in [0.05, 0.1) is 12.5 Å². The van der Waals surface area contributed by atoms with Crippen LogP contribution in [0.4, 0.5) is 0 Å². The normalized spacial score (nSPS) is 12.0. The van der Waals surface area contributed by atoms with Gasteiger partial charge in [-0.2, -0.15) is 5.10 Å². The Labute approximate surface area is 197 Å². The predicted molar refractivity (Wildman–Crippen MR) is 132 cm³/mol. The summed E-state index contributed by atoms with van der Waals surface area (Å²) in [6.45, 7) is 4.73. The summed E-state index contributed by atoms with van der Waals surface area (Å²) in [6.07, 6.45) is 0.741. The van der Waals surface area contributed by atoms with Gasteiger partial charge in [0.25, 0.3) is 11.5 Å². The van der Waals surface area contributed by atoms with Crippen LogP contribution >= 0.6 is 11.3 Å². The number of methoxy groups -OCH3 is 1. The number of carbonyl (C=O) groups is 1. The third kappa shape index (κ3) is 4.83. The maximum atomic E-state index is 14.0. The van der Waals surface area contributed by atoms with Crippen LogP contribution in [0.3, 0.4) is 0 Å². The monoisotopic (exact) mass is 461 g/mol. The lowest BCUT2D eigenvalue weighted by Gasteiger charge is -2.29. The van der Waals surface area contributed by atoms with E-state index < -0.39 is 0 Å². The molecule has 0 aliphatic rings. The molecule has 170 valence electrons. The van der Waals surface area contributed by atoms with Gasteiger partial charge in [-0.1, -0.05) is 36.4 Å². The molecule has 0 aliphatic carbocycles. The van der Waals surface area contributed by atoms with Crippen molar-refractivity contribution in [3.05, 3.63) is 92.5 Å². The highest BCUT2D eigenvalue weighted by atomic mass is 32.1. The summed E-state index contributed by atoms with van der Waals surface area (Å²) in [5, 5.41) is 7.62. The van der Waals surface area contributed by atoms with Gasteiger partial charge >= 0.3 is 0 Å². The second-order valence-electron chi connectivity index (χ2n) is 7.93. The molecule has 0 spiro atoms. The van der Waals surface area contributed by atoms with E-state index in [1.165, 1.54) is 9.56 Å². The minimum absolute atomic E-state index is 0.0687. The lowest BCUT2D eigenvalue weighted by molar-refractivity contribution is 0.0669. The summed E-state index contributed by atoms with van der Waals surface area (Å²) in [5.74, 6) is 0.583. The second kappa shape index (κ2) is 10.0. The third-order valence-electron chi connectivity index (χ3n) is 5.75. The van der Waals surface area contributed by atoms with Gasteiger partial charge in [-0.25, -0.2) is 4.68 Å². The number of aromatic nitrogens is 2. The molecule has 4 rings (SSSR count). The minimum atomic E-state index is -0.187. The van der Waals surface area contributed by atoms with E-state index in [1.54, 1.807) is 30.6 Å². The smallest absolute Gasteiger partial charge is 0.275 e. The van der Waals surface area contributed by atoms with Crippen LogP contribution in [0.25, 0.3) is 10.8 Å². The van der Waals surface area contributed by atoms with E-state index in [0.29, 0.717) is 29.6 Å². The molecule has 2 aromatic heterocycles. The van der Waals surface area contributed by atoms with Gasteiger partial charge in [-0.15, -0.1) is 11.3 Å². The molecule has 0 aliphatic heterocycles. The summed E-state index contributed by atoms with van der Waals surface area (Å²) in [4.78, 5) is 29.8. The molecule has 1 atom stereocenters. The first-order chi connectivity index (χ1) is 16.0. The molecule has 0 fully saturated rings. The predicted octanol–water partition coefficient (Wildman–Crippen LogP) is 4.76. The van der Waals surface area contributed by atoms with Gasteiger partial charge in [-0.3, -0.25) is 9.59 Å². The van der Waals surface area contributed by atoms with E-state index in [9.17, 15) is 9.59 Å². The average Bonchev–Trinajstić information content (AvgIpc) is 3.36. The number of ether oxygens (including phenoxy) is 1. The summed E-state index contributed by atoms with van der Waals surface area (Å²) >= 11 is 1.68. The summed E-state index contributed by atoms with van der Waals surface area (Å²) < 4.78 is 6.64. The van der Waals surface area contributed by atoms with Crippen molar-refractivity contribution >= 4 is 28.0 Å². The highest BCUT2D eigenvalue weighted by molar-refractivity contribution is 7.09. The molecular weight excluding hydrogens is 434 g/mol. The SMILES string of the molecule is CCn1nc(C(=O)N(Cc2ccc(OC)cc2)C(C)Cc2cccs2)c2ccccc2c1=O. The first-order valence-corrected chi connectivity index (χ1v) is 11.9. The van der Waals surface area contributed by atoms with E-state index >= 15 is 0 Å². The number of rotatable bonds is 8. The number of hydrogen-bond donors (Lipinski definition) is 0. The first-order valence-electron chi connectivity index (χ1n) is 11.0. The lowest BCUT2D eigenvalue weighted by atomic mass is 10.1. The van der Waals surface area contributed by atoms with E-state index in [0.717, 1.165) is 17.7 Å². The molecule has 0 saturated heterocycles. The fourth-order valence-corrected chi connectivity index (χ4v) is 4.76. The largest absolute Gasteiger partial charge is 0.497 e. The van der Waals surface area contributed by atoms with Crippen molar-refractivity contribution in [2.24, 2.45) is 0 Å². The van der Waals surface area contributed by atoms with Gasteiger partial charge < -0.3 is 9.64 Å². The Hall–Kier alpha value is -3.45. The summed E-state index contributed by atoms with van der Waals surface area (Å²) in [5.41, 5.74) is 1.12. The van der Waals surface area contributed by atoms with Crippen molar-refractivity contribution in [2.75, 3.05) is 7.11 Å². The molecule has 6 nitrogen and oxygen atoms in total. The third-order valence-corrected chi connectivity index (χ3v) is 6.65. The van der Waals surface area contributed by atoms with Crippen LogP contribution in [0, 0.1) is 0 Å². The Balaban J connectivity index is 1.76. The first kappa shape index (κ1) is 22.7. The highest BCUT2D eigenvalue weighted by Gasteiger charge is 2.26. The maximum absolute atomic E-state index is 14.0. The van der Waals surface area contributed by atoms with Crippen LogP contribution in [0.1, 0.15) is 34.8 Å². The highest BCUT2D eigenvalue weighted by Crippen LogP contribution is 2.22. The van der Waals surface area contributed by atoms with Crippen molar-refractivity contribution in [3.8, 4) is 5.75 Å². The summed E-state index contributed by atoms with van der Waals surface area (Å²) in [7, 11) is 1.63. The van der Waals surface area contributed by atoms with E-state index in [1.807, 2.05) is 59.7 Å². The second-order valence-corrected chi connectivity index (χ2v) is 8.96. The molecule has 0 N–H and O–H groups in total. The molecule has 0 bridgehead atoms. The average molecular weight is 462 g/mol. The molecule has 7 heteroatoms. The molecule has 1 amide bonds. The molecule has 0 radical (unpaired) electrons. The quantitative estimate of drug-likeness (QED) is 0.380. The lowest BCUT2D eigenvalue weighted by Crippen LogP contribution is -2.40. The van der Waals surface area contributed by atoms with Crippen LogP contribution < -0.4 is 10.3 Å². The number of nitrogens with zero attached hydrogens (tertiary/aromatic N) is 3. The van der Waals surface area contributed by atoms with Gasteiger partial charge in [0, 0.05) is 35.8 Å². The van der Waals surface area contributed by atoms with Gasteiger partial charge in [0.2, 0.25) is 0 Å². The zero-order valence-corrected chi connectivity index (χ0v) is 19.8. The van der Waals surface area contributed by atoms with Crippen LogP contribution in [0.5, 0.6) is 5.75 Å². The van der Waals surface area contributed by atoms with Crippen LogP contribution in [-0.2, 0) is 19.5 Å². The molecular formula is C26H27N3O3S. The number of fused-ring (bicyclic) bond motifs is 1. The fraction of sp³-hybridized carbons (Fsp3) is 0.269. The number of benzene rings is 2. The van der Waals surface area contributed by atoms with Gasteiger partial charge in [0.1, 0.15) is 5.75 Å². The van der Waals surface area contributed by atoms with Crippen molar-refractivity contribution in [1.82, 2.24) is 14.7 Å². The Morgan fingerprint density at radius 2 is 1.82 bits per heavy atom. The Bertz CT molecular complexity index is 1300. The Morgan fingerprint density at radius 3 is 2.45 bits per heavy atom. The fourth-order valence-electron chi connectivity index (χ4n) is 3.93. The van der Waals surface area contributed by atoms with Crippen LogP contribution in [-0.4, -0.2) is 33.7 Å². The number of amides is 1. The van der Waals surface area contributed by atoms with E-state index in [2.05, 4.69) is 18.1 Å². The van der Waals surface area contributed by atoms with Crippen LogP contribution in [0.2, 0.25) is 0 Å². The van der Waals surface area contributed by atoms with Crippen molar-refractivity contribution in [2.45, 2.75) is 39.4 Å². The Morgan fingerprint density at radius 1 is 1.09 bits per heavy atom. The number of aryl methyl sites for hydroxylation is 1. The van der Waals surface area contributed by atoms with Crippen molar-refractivity contribution in [1.29, 1.82) is 0 Å². The molecule has 4 aromatic rings. The molecule has 2 heterocycles. The van der Waals surface area contributed by atoms with Crippen molar-refractivity contribution < 1.29 is 9.53 Å². The number of carbonyl (C=O) groups excluding carboxylic acids is 1. The minimum Gasteiger partial charge on any atom is -0.497 e. The maximum Gasteiger partial charge on any atom is 0.275 e. The number of thiophene rings is 1. The number of hydrogen-bond acceptors (Lipinski definition) is 5. The van der Waals surface area contributed by atoms with Gasteiger partial charge in [-0.05, 0) is 49.1 Å². The zero-order valence-electron chi connectivity index (χ0n) is 19.0. The Kier molecular flexibility index (Phi) is 6.89. The van der Waals surface area contributed by atoms with E-state index in [4.69, 9.17) is 4.74 Å².